The highest BCUT2D eigenvalue weighted by atomic mass is 28.3. The van der Waals surface area contributed by atoms with Crippen LogP contribution in [0.3, 0.4) is 0 Å². The highest BCUT2D eigenvalue weighted by Crippen LogP contribution is 2.38. The molecule has 1 aliphatic rings. The molecule has 1 saturated heterocycles. The number of aliphatic carboxylic acids is 1. The van der Waals surface area contributed by atoms with Crippen LogP contribution in [0.15, 0.2) is 0 Å². The first-order valence-electron chi connectivity index (χ1n) is 6.76. The van der Waals surface area contributed by atoms with Crippen LogP contribution in [0.25, 0.3) is 0 Å². The molecule has 2 N–H and O–H groups in total. The van der Waals surface area contributed by atoms with Gasteiger partial charge in [0.15, 0.2) is 9.04 Å². The van der Waals surface area contributed by atoms with Gasteiger partial charge in [-0.15, -0.1) is 0 Å². The van der Waals surface area contributed by atoms with E-state index in [1.807, 2.05) is 0 Å². The number of carbonyl (C=O) groups excluding carboxylic acids is 1. The fraction of sp³-hybridized carbons (Fsp3) is 0.846. The summed E-state index contributed by atoms with van der Waals surface area (Å²) in [7, 11) is -1.14. The predicted molar refractivity (Wildman–Crippen MR) is 75.4 cm³/mol. The van der Waals surface area contributed by atoms with Gasteiger partial charge in [-0.05, 0) is 24.4 Å². The smallest absolute Gasteiger partial charge is 0.305 e. The number of carboxylic acids is 1. The van der Waals surface area contributed by atoms with Crippen LogP contribution in [0.1, 0.15) is 27.2 Å². The van der Waals surface area contributed by atoms with E-state index in [9.17, 15) is 9.59 Å². The second-order valence-corrected chi connectivity index (χ2v) is 9.02. The molecule has 1 fully saturated rings. The normalized spacial score (nSPS) is 24.8. The van der Waals surface area contributed by atoms with E-state index >= 15 is 0 Å². The van der Waals surface area contributed by atoms with E-state index < -0.39 is 15.0 Å². The monoisotopic (exact) mass is 287 g/mol. The Morgan fingerprint density at radius 3 is 2.42 bits per heavy atom. The van der Waals surface area contributed by atoms with E-state index in [0.29, 0.717) is 6.61 Å². The van der Waals surface area contributed by atoms with Crippen molar-refractivity contribution in [3.05, 3.63) is 0 Å². The average molecular weight is 287 g/mol. The molecule has 0 spiro atoms. The van der Waals surface area contributed by atoms with Gasteiger partial charge in [0.1, 0.15) is 0 Å². The van der Waals surface area contributed by atoms with Crippen molar-refractivity contribution in [1.29, 1.82) is 0 Å². The molecule has 3 atom stereocenters. The van der Waals surface area contributed by atoms with E-state index in [0.717, 1.165) is 0 Å². The molecular weight excluding hydrogens is 262 g/mol. The standard InChI is InChI=1S/C13H25NO4Si/c1-13(2,3)8(7-18-19(4)5)11-9(6-10(15)16)14-12(11)17/h8-9,11,19H,6-7H2,1-5H3,(H,14,17)(H,15,16)/t8-,9-,11+/m1/s1. The molecule has 0 aliphatic carbocycles. The zero-order valence-electron chi connectivity index (χ0n) is 12.4. The van der Waals surface area contributed by atoms with Gasteiger partial charge >= 0.3 is 5.97 Å². The molecule has 19 heavy (non-hydrogen) atoms. The topological polar surface area (TPSA) is 75.6 Å². The third kappa shape index (κ3) is 4.31. The van der Waals surface area contributed by atoms with Crippen LogP contribution in [-0.2, 0) is 14.0 Å². The van der Waals surface area contributed by atoms with Crippen molar-refractivity contribution < 1.29 is 19.1 Å². The summed E-state index contributed by atoms with van der Waals surface area (Å²) in [5, 5.41) is 11.6. The minimum atomic E-state index is -1.14. The van der Waals surface area contributed by atoms with Gasteiger partial charge in [0.25, 0.3) is 0 Å². The fourth-order valence-electron chi connectivity index (χ4n) is 2.47. The third-order valence-corrected chi connectivity index (χ3v) is 4.47. The van der Waals surface area contributed by atoms with Gasteiger partial charge in [0, 0.05) is 6.61 Å². The molecule has 110 valence electrons. The molecule has 0 bridgehead atoms. The first-order valence-corrected chi connectivity index (χ1v) is 9.54. The summed E-state index contributed by atoms with van der Waals surface area (Å²) in [6.07, 6.45) is -0.0118. The van der Waals surface area contributed by atoms with E-state index in [4.69, 9.17) is 9.53 Å². The van der Waals surface area contributed by atoms with Crippen molar-refractivity contribution in [2.24, 2.45) is 17.3 Å². The number of hydrogen-bond acceptors (Lipinski definition) is 3. The lowest BCUT2D eigenvalue weighted by atomic mass is 9.67. The summed E-state index contributed by atoms with van der Waals surface area (Å²) in [4.78, 5) is 22.6. The zero-order valence-corrected chi connectivity index (χ0v) is 13.6. The van der Waals surface area contributed by atoms with Crippen LogP contribution in [0, 0.1) is 17.3 Å². The number of carbonyl (C=O) groups is 2. The van der Waals surface area contributed by atoms with Gasteiger partial charge in [-0.1, -0.05) is 20.8 Å². The first kappa shape index (κ1) is 16.2. The Bertz CT molecular complexity index is 351. The highest BCUT2D eigenvalue weighted by molar-refractivity contribution is 6.48. The Kier molecular flexibility index (Phi) is 5.15. The van der Waals surface area contributed by atoms with Crippen molar-refractivity contribution >= 4 is 20.9 Å². The van der Waals surface area contributed by atoms with Gasteiger partial charge in [-0.3, -0.25) is 9.59 Å². The molecule has 0 aromatic rings. The summed E-state index contributed by atoms with van der Waals surface area (Å²) in [6.45, 7) is 11.0. The van der Waals surface area contributed by atoms with Gasteiger partial charge in [0.05, 0.1) is 18.4 Å². The Labute approximate surface area is 116 Å². The summed E-state index contributed by atoms with van der Waals surface area (Å²) in [5.74, 6) is -1.11. The van der Waals surface area contributed by atoms with Crippen LogP contribution >= 0.6 is 0 Å². The highest BCUT2D eigenvalue weighted by Gasteiger charge is 2.48. The van der Waals surface area contributed by atoms with Crippen molar-refractivity contribution in [3.8, 4) is 0 Å². The SMILES string of the molecule is C[SiH](C)OC[C@H]([C@@H]1C(=O)N[C@@H]1CC(=O)O)C(C)(C)C. The first-order chi connectivity index (χ1) is 8.62. The van der Waals surface area contributed by atoms with E-state index in [2.05, 4.69) is 39.2 Å². The maximum absolute atomic E-state index is 11.8. The van der Waals surface area contributed by atoms with Crippen LogP contribution in [0.5, 0.6) is 0 Å². The maximum atomic E-state index is 11.8. The van der Waals surface area contributed by atoms with Crippen LogP contribution in [-0.4, -0.2) is 38.7 Å². The molecule has 1 heterocycles. The average Bonchev–Trinajstić information content (AvgIpc) is 2.20. The minimum absolute atomic E-state index is 0.0118. The molecule has 5 nitrogen and oxygen atoms in total. The fourth-order valence-corrected chi connectivity index (χ4v) is 3.07. The number of nitrogens with one attached hydrogen (secondary N) is 1. The van der Waals surface area contributed by atoms with Gasteiger partial charge in [-0.25, -0.2) is 0 Å². The molecule has 6 heteroatoms. The zero-order chi connectivity index (χ0) is 14.8. The van der Waals surface area contributed by atoms with E-state index in [-0.39, 0.29) is 35.6 Å². The summed E-state index contributed by atoms with van der Waals surface area (Å²) >= 11 is 0. The van der Waals surface area contributed by atoms with Crippen molar-refractivity contribution in [1.82, 2.24) is 5.32 Å². The summed E-state index contributed by atoms with van der Waals surface area (Å²) < 4.78 is 5.80. The molecule has 1 amide bonds. The van der Waals surface area contributed by atoms with Gasteiger partial charge in [-0.2, -0.15) is 0 Å². The second-order valence-electron chi connectivity index (χ2n) is 6.59. The number of rotatable bonds is 6. The van der Waals surface area contributed by atoms with Crippen molar-refractivity contribution in [2.45, 2.75) is 46.3 Å². The third-order valence-electron chi connectivity index (χ3n) is 3.61. The van der Waals surface area contributed by atoms with Crippen molar-refractivity contribution in [2.75, 3.05) is 6.61 Å². The molecule has 0 aromatic carbocycles. The Balaban J connectivity index is 2.78. The molecule has 0 aromatic heterocycles. The molecule has 1 rings (SSSR count). The minimum Gasteiger partial charge on any atom is -0.481 e. The largest absolute Gasteiger partial charge is 0.481 e. The second kappa shape index (κ2) is 6.05. The van der Waals surface area contributed by atoms with Crippen LogP contribution in [0.4, 0.5) is 0 Å². The lowest BCUT2D eigenvalue weighted by Gasteiger charge is -2.46. The molecule has 0 radical (unpaired) electrons. The number of amides is 1. The van der Waals surface area contributed by atoms with Gasteiger partial charge in [0.2, 0.25) is 5.91 Å². The maximum Gasteiger partial charge on any atom is 0.305 e. The Morgan fingerprint density at radius 1 is 1.47 bits per heavy atom. The lowest BCUT2D eigenvalue weighted by molar-refractivity contribution is -0.147. The van der Waals surface area contributed by atoms with Crippen molar-refractivity contribution in [3.63, 3.8) is 0 Å². The molecule has 1 aliphatic heterocycles. The molecule has 0 unspecified atom stereocenters. The van der Waals surface area contributed by atoms with E-state index in [1.54, 1.807) is 0 Å². The quantitative estimate of drug-likeness (QED) is 0.569. The number of hydrogen-bond donors (Lipinski definition) is 2. The van der Waals surface area contributed by atoms with Gasteiger partial charge < -0.3 is 14.8 Å². The molecular formula is C13H25NO4Si. The number of carboxylic acid groups (broad SMARTS) is 1. The Hall–Kier alpha value is -0.883. The Morgan fingerprint density at radius 2 is 2.05 bits per heavy atom. The summed E-state index contributed by atoms with van der Waals surface area (Å²) in [6, 6.07) is -0.258. The van der Waals surface area contributed by atoms with E-state index in [1.165, 1.54) is 0 Å². The summed E-state index contributed by atoms with van der Waals surface area (Å²) in [5.41, 5.74) is -0.0809. The van der Waals surface area contributed by atoms with Crippen LogP contribution < -0.4 is 5.32 Å². The predicted octanol–water partition coefficient (Wildman–Crippen LogP) is 1.24. The van der Waals surface area contributed by atoms with Crippen LogP contribution in [0.2, 0.25) is 13.1 Å². The molecule has 0 saturated carbocycles. The number of β-lactam (4-membered cyclic amide) rings is 1. The lowest BCUT2D eigenvalue weighted by Crippen LogP contribution is -2.63.